The first-order valence-electron chi connectivity index (χ1n) is 14.1. The van der Waals surface area contributed by atoms with Crippen molar-refractivity contribution >= 4 is 16.8 Å². The van der Waals surface area contributed by atoms with Crippen molar-refractivity contribution in [2.24, 2.45) is 11.3 Å². The lowest BCUT2D eigenvalue weighted by Gasteiger charge is -2.67. The van der Waals surface area contributed by atoms with Gasteiger partial charge in [0.25, 0.3) is 5.91 Å². The number of benzene rings is 2. The van der Waals surface area contributed by atoms with E-state index < -0.39 is 0 Å². The maximum Gasteiger partial charge on any atom is 0.253 e. The van der Waals surface area contributed by atoms with Crippen LogP contribution in [0, 0.1) is 25.2 Å². The van der Waals surface area contributed by atoms with E-state index in [2.05, 4.69) is 54.2 Å². The van der Waals surface area contributed by atoms with Crippen LogP contribution in [0.2, 0.25) is 0 Å². The van der Waals surface area contributed by atoms with Crippen LogP contribution in [0.15, 0.2) is 42.6 Å². The lowest BCUT2D eigenvalue weighted by molar-refractivity contribution is -0.0908. The second-order valence-corrected chi connectivity index (χ2v) is 12.6. The molecule has 1 aromatic heterocycles. The Morgan fingerprint density at radius 1 is 1.11 bits per heavy atom. The highest BCUT2D eigenvalue weighted by molar-refractivity contribution is 6.05. The molecule has 2 saturated carbocycles. The third-order valence-corrected chi connectivity index (χ3v) is 10.8. The Balaban J connectivity index is 1.26. The van der Waals surface area contributed by atoms with Gasteiger partial charge in [0.15, 0.2) is 0 Å². The molecule has 4 nitrogen and oxygen atoms in total. The van der Waals surface area contributed by atoms with E-state index in [4.69, 9.17) is 0 Å². The first-order valence-corrected chi connectivity index (χ1v) is 14.1. The fourth-order valence-corrected chi connectivity index (χ4v) is 8.53. The summed E-state index contributed by atoms with van der Waals surface area (Å²) in [7, 11) is 0. The Kier molecular flexibility index (Phi) is 4.99. The van der Waals surface area contributed by atoms with Crippen molar-refractivity contribution in [3.63, 3.8) is 0 Å². The minimum atomic E-state index is 0.0627. The number of aromatic nitrogens is 1. The van der Waals surface area contributed by atoms with Crippen molar-refractivity contribution in [1.29, 1.82) is 0 Å². The molecular weight excluding hydrogens is 442 g/mol. The minimum absolute atomic E-state index is 0.0627. The maximum atomic E-state index is 13.5. The molecule has 2 aromatic carbocycles. The largest absolute Gasteiger partial charge is 0.361 e. The van der Waals surface area contributed by atoms with Crippen molar-refractivity contribution in [3.05, 3.63) is 70.4 Å². The molecule has 0 radical (unpaired) electrons. The van der Waals surface area contributed by atoms with Gasteiger partial charge in [0.05, 0.1) is 11.1 Å². The van der Waals surface area contributed by atoms with Gasteiger partial charge in [-0.2, -0.15) is 0 Å². The fourth-order valence-electron chi connectivity index (χ4n) is 8.53. The van der Waals surface area contributed by atoms with Gasteiger partial charge in [-0.1, -0.05) is 31.2 Å². The summed E-state index contributed by atoms with van der Waals surface area (Å²) >= 11 is 0. The molecule has 4 heteroatoms. The lowest BCUT2D eigenvalue weighted by atomic mass is 9.43. The standard InChI is InChI=1S/C32H39N3O/c1-20-7-10-24-17-27-31(3)13-11-25(34-30(36)26-6-4-5-23-12-15-33-29(23)26)18-32(31,28(24)21(20)2)14-16-35(27)19-22-8-9-22/h4-7,10,12,15,22,25,27,33H,8-9,11,13-14,16-19H2,1-3H3,(H,34,36). The van der Waals surface area contributed by atoms with E-state index in [-0.39, 0.29) is 22.8 Å². The molecule has 3 fully saturated rings. The number of carbonyl (C=O) groups is 1. The van der Waals surface area contributed by atoms with Gasteiger partial charge in [-0.05, 0) is 111 Å². The van der Waals surface area contributed by atoms with Crippen molar-refractivity contribution < 1.29 is 4.79 Å². The molecular formula is C32H39N3O. The molecule has 4 unspecified atom stereocenters. The van der Waals surface area contributed by atoms with Crippen LogP contribution in [0.4, 0.5) is 0 Å². The van der Waals surface area contributed by atoms with Gasteiger partial charge in [0.1, 0.15) is 0 Å². The number of carbonyl (C=O) groups excluding carboxylic acids is 1. The molecule has 2 N–H and O–H groups in total. The number of hydrogen-bond acceptors (Lipinski definition) is 2. The van der Waals surface area contributed by atoms with Gasteiger partial charge in [-0.3, -0.25) is 9.69 Å². The summed E-state index contributed by atoms with van der Waals surface area (Å²) < 4.78 is 0. The SMILES string of the molecule is Cc1ccc2c(c1C)C13CCN(CC4CC4)C(C2)C1(C)CCC(NC(=O)c1cccc2cc[nH]c12)C3. The molecule has 1 aliphatic heterocycles. The highest BCUT2D eigenvalue weighted by Crippen LogP contribution is 2.64. The normalized spacial score (nSPS) is 31.6. The van der Waals surface area contributed by atoms with E-state index in [9.17, 15) is 4.79 Å². The number of nitrogens with one attached hydrogen (secondary N) is 2. The molecule has 1 saturated heterocycles. The van der Waals surface area contributed by atoms with Gasteiger partial charge in [-0.15, -0.1) is 0 Å². The van der Waals surface area contributed by atoms with Crippen molar-refractivity contribution in [2.75, 3.05) is 13.1 Å². The number of hydrogen-bond donors (Lipinski definition) is 2. The first kappa shape index (κ1) is 22.6. The predicted octanol–water partition coefficient (Wildman–Crippen LogP) is 6.05. The van der Waals surface area contributed by atoms with E-state index in [1.807, 2.05) is 24.4 Å². The van der Waals surface area contributed by atoms with Crippen LogP contribution in [-0.2, 0) is 11.8 Å². The number of amides is 1. The van der Waals surface area contributed by atoms with Crippen LogP contribution < -0.4 is 5.32 Å². The van der Waals surface area contributed by atoms with Crippen LogP contribution in [0.1, 0.15) is 78.1 Å². The number of aromatic amines is 1. The first-order chi connectivity index (χ1) is 17.4. The van der Waals surface area contributed by atoms with Crippen molar-refractivity contribution in [2.45, 2.75) is 83.2 Å². The Labute approximate surface area is 214 Å². The quantitative estimate of drug-likeness (QED) is 0.476. The van der Waals surface area contributed by atoms with Crippen LogP contribution >= 0.6 is 0 Å². The van der Waals surface area contributed by atoms with E-state index in [1.165, 1.54) is 56.3 Å². The number of piperidine rings is 1. The van der Waals surface area contributed by atoms with Gasteiger partial charge >= 0.3 is 0 Å². The molecule has 3 aliphatic carbocycles. The third kappa shape index (κ3) is 3.19. The van der Waals surface area contributed by atoms with Crippen molar-refractivity contribution in [1.82, 2.24) is 15.2 Å². The monoisotopic (exact) mass is 481 g/mol. The smallest absolute Gasteiger partial charge is 0.253 e. The van der Waals surface area contributed by atoms with Gasteiger partial charge < -0.3 is 10.3 Å². The fraction of sp³-hybridized carbons (Fsp3) is 0.531. The third-order valence-electron chi connectivity index (χ3n) is 10.8. The minimum Gasteiger partial charge on any atom is -0.361 e. The summed E-state index contributed by atoms with van der Waals surface area (Å²) in [4.78, 5) is 19.7. The average Bonchev–Trinajstić information content (AvgIpc) is 3.55. The molecule has 36 heavy (non-hydrogen) atoms. The van der Waals surface area contributed by atoms with E-state index >= 15 is 0 Å². The number of nitrogens with zero attached hydrogens (tertiary/aromatic N) is 1. The average molecular weight is 482 g/mol. The number of fused-ring (bicyclic) bond motifs is 2. The van der Waals surface area contributed by atoms with Crippen LogP contribution in [0.3, 0.4) is 0 Å². The van der Waals surface area contributed by atoms with Crippen LogP contribution in [0.5, 0.6) is 0 Å². The lowest BCUT2D eigenvalue weighted by Crippen LogP contribution is -2.69. The Morgan fingerprint density at radius 3 is 2.81 bits per heavy atom. The molecule has 0 spiro atoms. The topological polar surface area (TPSA) is 48.1 Å². The van der Waals surface area contributed by atoms with Gasteiger partial charge in [0.2, 0.25) is 0 Å². The maximum absolute atomic E-state index is 13.5. The molecule has 3 aromatic rings. The van der Waals surface area contributed by atoms with Gasteiger partial charge in [0, 0.05) is 35.6 Å². The zero-order valence-electron chi connectivity index (χ0n) is 22.0. The summed E-state index contributed by atoms with van der Waals surface area (Å²) in [6.07, 6.45) is 10.5. The molecule has 4 aliphatic rings. The molecule has 4 atom stereocenters. The summed E-state index contributed by atoms with van der Waals surface area (Å²) in [5.74, 6) is 0.987. The second-order valence-electron chi connectivity index (χ2n) is 12.6. The zero-order valence-corrected chi connectivity index (χ0v) is 22.0. The Hall–Kier alpha value is -2.59. The summed E-state index contributed by atoms with van der Waals surface area (Å²) in [5.41, 5.74) is 8.21. The van der Waals surface area contributed by atoms with Gasteiger partial charge in [-0.25, -0.2) is 0 Å². The zero-order chi connectivity index (χ0) is 24.7. The predicted molar refractivity (Wildman–Crippen MR) is 146 cm³/mol. The molecule has 7 rings (SSSR count). The number of H-pyrrole nitrogens is 1. The number of para-hydroxylation sites is 1. The second kappa shape index (κ2) is 7.95. The van der Waals surface area contributed by atoms with E-state index in [1.54, 1.807) is 11.1 Å². The van der Waals surface area contributed by atoms with E-state index in [0.29, 0.717) is 6.04 Å². The molecule has 2 heterocycles. The summed E-state index contributed by atoms with van der Waals surface area (Å²) in [6, 6.07) is 13.6. The molecule has 1 amide bonds. The number of aryl methyl sites for hydroxylation is 1. The van der Waals surface area contributed by atoms with Crippen LogP contribution in [0.25, 0.3) is 10.9 Å². The Bertz CT molecular complexity index is 1350. The molecule has 2 bridgehead atoms. The summed E-state index contributed by atoms with van der Waals surface area (Å²) in [5, 5.41) is 4.60. The van der Waals surface area contributed by atoms with Crippen LogP contribution in [-0.4, -0.2) is 41.0 Å². The summed E-state index contributed by atoms with van der Waals surface area (Å²) in [6.45, 7) is 9.73. The number of likely N-dealkylation sites (tertiary alicyclic amines) is 1. The van der Waals surface area contributed by atoms with E-state index in [0.717, 1.165) is 35.2 Å². The molecule has 188 valence electrons. The highest BCUT2D eigenvalue weighted by atomic mass is 16.1. The number of rotatable bonds is 4. The Morgan fingerprint density at radius 2 is 1.97 bits per heavy atom. The highest BCUT2D eigenvalue weighted by Gasteiger charge is 2.63. The van der Waals surface area contributed by atoms with Crippen molar-refractivity contribution in [3.8, 4) is 0 Å².